The maximum Gasteiger partial charge on any atom is 0.323 e. The van der Waals surface area contributed by atoms with E-state index in [4.69, 9.17) is 9.47 Å². The molecule has 3 aromatic rings. The van der Waals surface area contributed by atoms with E-state index in [0.29, 0.717) is 29.2 Å². The van der Waals surface area contributed by atoms with Crippen LogP contribution in [0.2, 0.25) is 0 Å². The number of nitrogens with zero attached hydrogens (tertiary/aromatic N) is 1. The monoisotopic (exact) mass is 451 g/mol. The van der Waals surface area contributed by atoms with Crippen molar-refractivity contribution in [3.05, 3.63) is 48.0 Å². The summed E-state index contributed by atoms with van der Waals surface area (Å²) >= 11 is 0. The maximum atomic E-state index is 14.0. The largest absolute Gasteiger partial charge is 0.496 e. The van der Waals surface area contributed by atoms with Gasteiger partial charge in [0.25, 0.3) is 0 Å². The summed E-state index contributed by atoms with van der Waals surface area (Å²) in [6, 6.07) is 8.66. The lowest BCUT2D eigenvalue weighted by molar-refractivity contribution is -0.157. The van der Waals surface area contributed by atoms with E-state index < -0.39 is 5.60 Å². The minimum Gasteiger partial charge on any atom is -0.496 e. The summed E-state index contributed by atoms with van der Waals surface area (Å²) in [5, 5.41) is 4.46. The Balaban J connectivity index is 1.37. The number of hydrogen-bond donors (Lipinski definition) is 2. The number of carbonyl (C=O) groups is 1. The average Bonchev–Trinajstić information content (AvgIpc) is 3.44. The number of aromatic nitrogens is 2. The molecule has 2 N–H and O–H groups in total. The summed E-state index contributed by atoms with van der Waals surface area (Å²) in [6.45, 7) is 5.69. The van der Waals surface area contributed by atoms with Crippen molar-refractivity contribution in [2.24, 2.45) is 5.92 Å². The van der Waals surface area contributed by atoms with Crippen LogP contribution in [0.5, 0.6) is 5.75 Å². The third kappa shape index (κ3) is 4.22. The molecule has 1 aliphatic carbocycles. The highest BCUT2D eigenvalue weighted by Crippen LogP contribution is 2.45. The van der Waals surface area contributed by atoms with E-state index in [0.717, 1.165) is 41.6 Å². The fraction of sp³-hybridized carbons (Fsp3) is 0.462. The third-order valence-electron chi connectivity index (χ3n) is 6.78. The SMILES string of the molecule is COc1ccc(F)cc1-c1ccnc2[nH]c([C@@H]3C[C@@H]4CC(C(=O)OC(C)(C)C)N[C@H]4C3)cc12. The Morgan fingerprint density at radius 1 is 1.12 bits per heavy atom. The van der Waals surface area contributed by atoms with Gasteiger partial charge in [0, 0.05) is 34.8 Å². The first kappa shape index (κ1) is 21.9. The van der Waals surface area contributed by atoms with Gasteiger partial charge in [-0.3, -0.25) is 4.79 Å². The van der Waals surface area contributed by atoms with Crippen LogP contribution in [-0.2, 0) is 9.53 Å². The smallest absolute Gasteiger partial charge is 0.323 e. The molecule has 2 aromatic heterocycles. The number of aromatic amines is 1. The summed E-state index contributed by atoms with van der Waals surface area (Å²) in [5.41, 5.74) is 3.04. The number of esters is 1. The molecule has 1 saturated heterocycles. The predicted molar refractivity (Wildman–Crippen MR) is 125 cm³/mol. The highest BCUT2D eigenvalue weighted by molar-refractivity contribution is 5.95. The molecule has 2 fully saturated rings. The first-order chi connectivity index (χ1) is 15.7. The van der Waals surface area contributed by atoms with Crippen LogP contribution in [0, 0.1) is 11.7 Å². The highest BCUT2D eigenvalue weighted by atomic mass is 19.1. The number of hydrogen-bond acceptors (Lipinski definition) is 5. The predicted octanol–water partition coefficient (Wildman–Crippen LogP) is 4.94. The molecule has 0 amide bonds. The minimum atomic E-state index is -0.474. The van der Waals surface area contributed by atoms with Gasteiger partial charge in [0.1, 0.15) is 28.9 Å². The molecule has 3 heterocycles. The van der Waals surface area contributed by atoms with Crippen LogP contribution in [0.25, 0.3) is 22.2 Å². The molecule has 4 atom stereocenters. The number of carbonyl (C=O) groups excluding carboxylic acids is 1. The van der Waals surface area contributed by atoms with E-state index in [9.17, 15) is 9.18 Å². The molecule has 33 heavy (non-hydrogen) atoms. The van der Waals surface area contributed by atoms with Gasteiger partial charge in [-0.2, -0.15) is 0 Å². The topological polar surface area (TPSA) is 76.2 Å². The molecule has 1 saturated carbocycles. The van der Waals surface area contributed by atoms with E-state index in [1.165, 1.54) is 12.1 Å². The van der Waals surface area contributed by atoms with Crippen molar-refractivity contribution in [1.29, 1.82) is 0 Å². The molecule has 1 aliphatic heterocycles. The van der Waals surface area contributed by atoms with Gasteiger partial charge in [-0.05, 0) is 81.8 Å². The lowest BCUT2D eigenvalue weighted by Gasteiger charge is -2.23. The van der Waals surface area contributed by atoms with Crippen LogP contribution in [0.1, 0.15) is 51.6 Å². The fourth-order valence-corrected chi connectivity index (χ4v) is 5.40. The highest BCUT2D eigenvalue weighted by Gasteiger charge is 2.45. The van der Waals surface area contributed by atoms with Crippen LogP contribution in [0.4, 0.5) is 4.39 Å². The van der Waals surface area contributed by atoms with E-state index in [1.54, 1.807) is 19.4 Å². The van der Waals surface area contributed by atoms with E-state index in [-0.39, 0.29) is 17.8 Å². The van der Waals surface area contributed by atoms with Crippen molar-refractivity contribution < 1.29 is 18.7 Å². The van der Waals surface area contributed by atoms with Gasteiger partial charge in [-0.1, -0.05) is 0 Å². The van der Waals surface area contributed by atoms with Gasteiger partial charge in [-0.15, -0.1) is 0 Å². The number of nitrogens with one attached hydrogen (secondary N) is 2. The van der Waals surface area contributed by atoms with Gasteiger partial charge >= 0.3 is 5.97 Å². The zero-order valence-corrected chi connectivity index (χ0v) is 19.4. The second kappa shape index (κ2) is 8.13. The van der Waals surface area contributed by atoms with E-state index >= 15 is 0 Å². The van der Waals surface area contributed by atoms with Crippen molar-refractivity contribution in [2.75, 3.05) is 7.11 Å². The number of H-pyrrole nitrogens is 1. The van der Waals surface area contributed by atoms with Crippen molar-refractivity contribution in [2.45, 2.75) is 63.6 Å². The zero-order valence-electron chi connectivity index (χ0n) is 19.4. The Hall–Kier alpha value is -2.93. The Labute approximate surface area is 192 Å². The summed E-state index contributed by atoms with van der Waals surface area (Å²) in [7, 11) is 1.59. The van der Waals surface area contributed by atoms with Gasteiger partial charge in [0.2, 0.25) is 0 Å². The number of rotatable bonds is 4. The number of fused-ring (bicyclic) bond motifs is 2. The van der Waals surface area contributed by atoms with Crippen molar-refractivity contribution in [3.63, 3.8) is 0 Å². The van der Waals surface area contributed by atoms with Crippen LogP contribution in [0.3, 0.4) is 0 Å². The maximum absolute atomic E-state index is 14.0. The molecular weight excluding hydrogens is 421 g/mol. The van der Waals surface area contributed by atoms with E-state index in [2.05, 4.69) is 21.4 Å². The van der Waals surface area contributed by atoms with Crippen LogP contribution in [-0.4, -0.2) is 40.7 Å². The van der Waals surface area contributed by atoms with Gasteiger partial charge < -0.3 is 19.8 Å². The molecule has 174 valence electrons. The summed E-state index contributed by atoms with van der Waals surface area (Å²) in [6.07, 6.45) is 4.50. The second-order valence-corrected chi connectivity index (χ2v) is 10.2. The average molecular weight is 452 g/mol. The molecule has 1 aromatic carbocycles. The molecule has 1 unspecified atom stereocenters. The fourth-order valence-electron chi connectivity index (χ4n) is 5.40. The van der Waals surface area contributed by atoms with Gasteiger partial charge in [-0.25, -0.2) is 9.37 Å². The van der Waals surface area contributed by atoms with Crippen LogP contribution < -0.4 is 10.1 Å². The quantitative estimate of drug-likeness (QED) is 0.550. The van der Waals surface area contributed by atoms with Crippen LogP contribution in [0.15, 0.2) is 36.5 Å². The Morgan fingerprint density at radius 2 is 1.94 bits per heavy atom. The lowest BCUT2D eigenvalue weighted by Crippen LogP contribution is -2.40. The number of halogens is 1. The Bertz CT molecular complexity index is 1190. The zero-order chi connectivity index (χ0) is 23.3. The molecule has 7 heteroatoms. The van der Waals surface area contributed by atoms with Crippen molar-refractivity contribution >= 4 is 17.0 Å². The van der Waals surface area contributed by atoms with Crippen molar-refractivity contribution in [3.8, 4) is 16.9 Å². The van der Waals surface area contributed by atoms with Crippen molar-refractivity contribution in [1.82, 2.24) is 15.3 Å². The van der Waals surface area contributed by atoms with E-state index in [1.807, 2.05) is 26.8 Å². The van der Waals surface area contributed by atoms with Gasteiger partial charge in [0.05, 0.1) is 7.11 Å². The first-order valence-electron chi connectivity index (χ1n) is 11.5. The third-order valence-corrected chi connectivity index (χ3v) is 6.78. The molecule has 6 nitrogen and oxygen atoms in total. The summed E-state index contributed by atoms with van der Waals surface area (Å²) in [5.74, 6) is 0.954. The minimum absolute atomic E-state index is 0.156. The summed E-state index contributed by atoms with van der Waals surface area (Å²) in [4.78, 5) is 20.5. The molecule has 0 bridgehead atoms. The number of benzene rings is 1. The standard InChI is InChI=1S/C26H30FN3O3/c1-26(2,3)33-25(31)22-11-15-9-14(10-20(15)29-22)21-13-19-17(7-8-28-24(19)30-21)18-12-16(27)5-6-23(18)32-4/h5-8,12-15,20,22,29H,9-11H2,1-4H3,(H,28,30)/t14-,15-,20+,22?/m1/s1. The Morgan fingerprint density at radius 3 is 2.67 bits per heavy atom. The normalized spacial score (nSPS) is 24.8. The second-order valence-electron chi connectivity index (χ2n) is 10.2. The molecule has 5 rings (SSSR count). The number of ether oxygens (including phenoxy) is 2. The summed E-state index contributed by atoms with van der Waals surface area (Å²) < 4.78 is 25.1. The van der Waals surface area contributed by atoms with Gasteiger partial charge in [0.15, 0.2) is 0 Å². The number of methoxy groups -OCH3 is 1. The molecule has 2 aliphatic rings. The molecule has 0 spiro atoms. The molecular formula is C26H30FN3O3. The Kier molecular flexibility index (Phi) is 5.40. The first-order valence-corrected chi connectivity index (χ1v) is 11.5. The lowest BCUT2D eigenvalue weighted by atomic mass is 9.97. The van der Waals surface area contributed by atoms with Crippen LogP contribution >= 0.6 is 0 Å². The number of pyridine rings is 1. The molecule has 0 radical (unpaired) electrons.